The quantitative estimate of drug-likeness (QED) is 0.684. The fraction of sp³-hybridized carbons (Fsp3) is 0.167. The minimum atomic E-state index is -0.0548. The first-order chi connectivity index (χ1) is 11.1. The van der Waals surface area contributed by atoms with Crippen molar-refractivity contribution in [1.82, 2.24) is 14.9 Å². The van der Waals surface area contributed by atoms with Crippen LogP contribution in [-0.4, -0.2) is 27.8 Å². The van der Waals surface area contributed by atoms with E-state index in [9.17, 15) is 4.79 Å². The van der Waals surface area contributed by atoms with Crippen LogP contribution < -0.4 is 0 Å². The second-order valence-corrected chi connectivity index (χ2v) is 6.24. The molecule has 1 aromatic carbocycles. The van der Waals surface area contributed by atoms with E-state index in [4.69, 9.17) is 0 Å². The van der Waals surface area contributed by atoms with Crippen LogP contribution in [-0.2, 0) is 4.79 Å². The lowest BCUT2D eigenvalue weighted by Gasteiger charge is -2.22. The van der Waals surface area contributed by atoms with E-state index in [1.807, 2.05) is 55.7 Å². The van der Waals surface area contributed by atoms with Gasteiger partial charge in [0, 0.05) is 18.0 Å². The molecule has 23 heavy (non-hydrogen) atoms. The van der Waals surface area contributed by atoms with E-state index in [-0.39, 0.29) is 11.9 Å². The summed E-state index contributed by atoms with van der Waals surface area (Å²) in [5.74, 6) is -0.0548. The van der Waals surface area contributed by atoms with Crippen molar-refractivity contribution in [2.24, 2.45) is 0 Å². The molecule has 0 saturated carbocycles. The molecule has 4 nitrogen and oxygen atoms in total. The summed E-state index contributed by atoms with van der Waals surface area (Å²) in [7, 11) is 1.81. The van der Waals surface area contributed by atoms with E-state index in [1.165, 1.54) is 4.88 Å². The summed E-state index contributed by atoms with van der Waals surface area (Å²) in [6, 6.07) is 11.8. The number of benzene rings is 1. The number of aromatic nitrogens is 2. The maximum Gasteiger partial charge on any atom is 0.246 e. The molecule has 5 heteroatoms. The molecule has 0 radical (unpaired) electrons. The predicted molar refractivity (Wildman–Crippen MR) is 94.1 cm³/mol. The molecule has 0 N–H and O–H groups in total. The number of hydrogen-bond donors (Lipinski definition) is 0. The number of para-hydroxylation sites is 2. The lowest BCUT2D eigenvalue weighted by Crippen LogP contribution is -2.27. The number of nitrogens with zero attached hydrogens (tertiary/aromatic N) is 3. The molecule has 1 amide bonds. The lowest BCUT2D eigenvalue weighted by molar-refractivity contribution is -0.126. The second kappa shape index (κ2) is 6.71. The predicted octanol–water partition coefficient (Wildman–Crippen LogP) is 3.92. The van der Waals surface area contributed by atoms with Crippen LogP contribution in [0.4, 0.5) is 0 Å². The van der Waals surface area contributed by atoms with E-state index in [0.717, 1.165) is 11.0 Å². The van der Waals surface area contributed by atoms with Gasteiger partial charge >= 0.3 is 0 Å². The Hall–Kier alpha value is -2.53. The number of carbonyl (C=O) groups excluding carboxylic acids is 1. The number of amides is 1. The summed E-state index contributed by atoms with van der Waals surface area (Å²) >= 11 is 1.65. The van der Waals surface area contributed by atoms with Crippen LogP contribution in [0.15, 0.2) is 54.1 Å². The monoisotopic (exact) mass is 323 g/mol. The normalized spacial score (nSPS) is 12.6. The Kier molecular flexibility index (Phi) is 4.48. The van der Waals surface area contributed by atoms with Crippen molar-refractivity contribution in [1.29, 1.82) is 0 Å². The zero-order valence-corrected chi connectivity index (χ0v) is 13.8. The van der Waals surface area contributed by atoms with Gasteiger partial charge in [0.2, 0.25) is 5.91 Å². The largest absolute Gasteiger partial charge is 0.335 e. The first kappa shape index (κ1) is 15.4. The summed E-state index contributed by atoms with van der Waals surface area (Å²) in [6.07, 6.45) is 4.93. The highest BCUT2D eigenvalue weighted by atomic mass is 32.1. The third-order valence-corrected chi connectivity index (χ3v) is 4.79. The van der Waals surface area contributed by atoms with Crippen LogP contribution in [0, 0.1) is 0 Å². The van der Waals surface area contributed by atoms with Crippen molar-refractivity contribution >= 4 is 34.4 Å². The Balaban J connectivity index is 1.74. The minimum absolute atomic E-state index is 0.0508. The van der Waals surface area contributed by atoms with Crippen LogP contribution in [0.25, 0.3) is 17.1 Å². The zero-order valence-electron chi connectivity index (χ0n) is 13.0. The molecule has 1 atom stereocenters. The SMILES string of the molecule is C[C@@H](c1cccs1)N(C)C(=O)/C=C/c1cnc2ccccc2n1. The second-order valence-electron chi connectivity index (χ2n) is 5.26. The molecule has 2 heterocycles. The molecule has 0 aliphatic carbocycles. The van der Waals surface area contributed by atoms with E-state index in [1.54, 1.807) is 34.6 Å². The van der Waals surface area contributed by atoms with Crippen molar-refractivity contribution in [3.8, 4) is 0 Å². The smallest absolute Gasteiger partial charge is 0.246 e. The Morgan fingerprint density at radius 1 is 1.22 bits per heavy atom. The van der Waals surface area contributed by atoms with Crippen molar-refractivity contribution < 1.29 is 4.79 Å². The Bertz CT molecular complexity index is 842. The van der Waals surface area contributed by atoms with E-state index < -0.39 is 0 Å². The molecule has 0 aliphatic heterocycles. The Morgan fingerprint density at radius 2 is 2.00 bits per heavy atom. The van der Waals surface area contributed by atoms with Gasteiger partial charge in [-0.25, -0.2) is 4.98 Å². The first-order valence-electron chi connectivity index (χ1n) is 7.35. The van der Waals surface area contributed by atoms with Crippen molar-refractivity contribution in [3.63, 3.8) is 0 Å². The third kappa shape index (κ3) is 3.46. The molecule has 116 valence electrons. The highest BCUT2D eigenvalue weighted by Gasteiger charge is 2.15. The van der Waals surface area contributed by atoms with E-state index in [2.05, 4.69) is 9.97 Å². The van der Waals surface area contributed by atoms with Gasteiger partial charge in [-0.15, -0.1) is 11.3 Å². The summed E-state index contributed by atoms with van der Waals surface area (Å²) in [4.78, 5) is 24.0. The summed E-state index contributed by atoms with van der Waals surface area (Å²) in [5.41, 5.74) is 2.34. The molecule has 3 aromatic rings. The van der Waals surface area contributed by atoms with Gasteiger partial charge in [-0.3, -0.25) is 9.78 Å². The van der Waals surface area contributed by atoms with Crippen LogP contribution in [0.3, 0.4) is 0 Å². The van der Waals surface area contributed by atoms with Gasteiger partial charge in [0.1, 0.15) is 0 Å². The molecule has 0 unspecified atom stereocenters. The van der Waals surface area contributed by atoms with Gasteiger partial charge in [0.25, 0.3) is 0 Å². The van der Waals surface area contributed by atoms with Gasteiger partial charge in [-0.1, -0.05) is 18.2 Å². The van der Waals surface area contributed by atoms with E-state index in [0.29, 0.717) is 5.69 Å². The number of fused-ring (bicyclic) bond motifs is 1. The molecular formula is C18H17N3OS. The molecule has 3 rings (SSSR count). The maximum absolute atomic E-state index is 12.3. The number of likely N-dealkylation sites (N-methyl/N-ethyl adjacent to an activating group) is 1. The summed E-state index contributed by atoms with van der Waals surface area (Å²) < 4.78 is 0. The molecule has 0 saturated heterocycles. The fourth-order valence-electron chi connectivity index (χ4n) is 2.24. The van der Waals surface area contributed by atoms with Crippen LogP contribution in [0.5, 0.6) is 0 Å². The molecule has 0 bridgehead atoms. The standard InChI is InChI=1S/C18H17N3OS/c1-13(17-8-5-11-23-17)21(2)18(22)10-9-14-12-19-15-6-3-4-7-16(15)20-14/h3-13H,1-2H3/b10-9+/t13-/m0/s1. The van der Waals surface area contributed by atoms with Gasteiger partial charge < -0.3 is 4.90 Å². The van der Waals surface area contributed by atoms with Crippen molar-refractivity contribution in [3.05, 3.63) is 64.6 Å². The minimum Gasteiger partial charge on any atom is -0.335 e. The summed E-state index contributed by atoms with van der Waals surface area (Å²) in [6.45, 7) is 2.02. The highest BCUT2D eigenvalue weighted by molar-refractivity contribution is 7.10. The molecule has 2 aromatic heterocycles. The van der Waals surface area contributed by atoms with Crippen molar-refractivity contribution in [2.45, 2.75) is 13.0 Å². The van der Waals surface area contributed by atoms with Gasteiger partial charge in [-0.05, 0) is 36.6 Å². The third-order valence-electron chi connectivity index (χ3n) is 3.75. The Labute approximate surface area is 139 Å². The van der Waals surface area contributed by atoms with Gasteiger partial charge in [0.15, 0.2) is 0 Å². The molecule has 0 spiro atoms. The molecular weight excluding hydrogens is 306 g/mol. The highest BCUT2D eigenvalue weighted by Crippen LogP contribution is 2.23. The fourth-order valence-corrected chi connectivity index (χ4v) is 3.06. The number of rotatable bonds is 4. The average molecular weight is 323 g/mol. The van der Waals surface area contributed by atoms with E-state index >= 15 is 0 Å². The van der Waals surface area contributed by atoms with Crippen LogP contribution in [0.2, 0.25) is 0 Å². The van der Waals surface area contributed by atoms with Gasteiger partial charge in [0.05, 0.1) is 29.0 Å². The number of thiophene rings is 1. The Morgan fingerprint density at radius 3 is 2.74 bits per heavy atom. The molecule has 0 aliphatic rings. The topological polar surface area (TPSA) is 46.1 Å². The van der Waals surface area contributed by atoms with Crippen LogP contribution >= 0.6 is 11.3 Å². The average Bonchev–Trinajstić information content (AvgIpc) is 3.12. The zero-order chi connectivity index (χ0) is 16.2. The first-order valence-corrected chi connectivity index (χ1v) is 8.23. The lowest BCUT2D eigenvalue weighted by atomic mass is 10.2. The summed E-state index contributed by atoms with van der Waals surface area (Å²) in [5, 5.41) is 2.02. The van der Waals surface area contributed by atoms with Crippen molar-refractivity contribution in [2.75, 3.05) is 7.05 Å². The van der Waals surface area contributed by atoms with Gasteiger partial charge in [-0.2, -0.15) is 0 Å². The maximum atomic E-state index is 12.3. The number of hydrogen-bond acceptors (Lipinski definition) is 4. The number of carbonyl (C=O) groups is 1. The molecule has 0 fully saturated rings. The van der Waals surface area contributed by atoms with Crippen LogP contribution in [0.1, 0.15) is 23.5 Å².